The van der Waals surface area contributed by atoms with E-state index in [1.165, 1.54) is 6.07 Å². The minimum atomic E-state index is -3.85. The molecule has 0 heterocycles. The van der Waals surface area contributed by atoms with Crippen molar-refractivity contribution in [1.82, 2.24) is 4.72 Å². The highest BCUT2D eigenvalue weighted by Gasteiger charge is 2.37. The van der Waals surface area contributed by atoms with Crippen molar-refractivity contribution in [3.8, 4) is 0 Å². The molecule has 1 saturated carbocycles. The molecular weight excluding hydrogens is 287 g/mol. The van der Waals surface area contributed by atoms with E-state index in [0.717, 1.165) is 31.4 Å². The maximum Gasteiger partial charge on any atom is 0.243 e. The van der Waals surface area contributed by atoms with Gasteiger partial charge in [-0.2, -0.15) is 11.8 Å². The van der Waals surface area contributed by atoms with Gasteiger partial charge in [-0.1, -0.05) is 6.42 Å². The van der Waals surface area contributed by atoms with Gasteiger partial charge in [0.15, 0.2) is 0 Å². The molecule has 0 spiro atoms. The van der Waals surface area contributed by atoms with Crippen LogP contribution in [-0.2, 0) is 10.0 Å². The van der Waals surface area contributed by atoms with Gasteiger partial charge in [0.25, 0.3) is 0 Å². The third-order valence-electron chi connectivity index (χ3n) is 3.53. The quantitative estimate of drug-likeness (QED) is 0.816. The van der Waals surface area contributed by atoms with Gasteiger partial charge in [-0.15, -0.1) is 0 Å². The average molecular weight is 304 g/mol. The van der Waals surface area contributed by atoms with E-state index < -0.39 is 15.8 Å². The summed E-state index contributed by atoms with van der Waals surface area (Å²) in [5.41, 5.74) is 5.73. The van der Waals surface area contributed by atoms with Crippen LogP contribution in [-0.4, -0.2) is 26.0 Å². The van der Waals surface area contributed by atoms with Crippen molar-refractivity contribution in [1.29, 1.82) is 0 Å². The lowest BCUT2D eigenvalue weighted by Crippen LogP contribution is -2.45. The van der Waals surface area contributed by atoms with E-state index in [2.05, 4.69) is 4.72 Å². The summed E-state index contributed by atoms with van der Waals surface area (Å²) in [6.07, 6.45) is 5.04. The van der Waals surface area contributed by atoms with Crippen LogP contribution in [0.4, 0.5) is 10.1 Å². The van der Waals surface area contributed by atoms with Crippen LogP contribution in [0.3, 0.4) is 0 Å². The van der Waals surface area contributed by atoms with E-state index in [1.807, 2.05) is 6.26 Å². The van der Waals surface area contributed by atoms with Gasteiger partial charge in [0.1, 0.15) is 10.7 Å². The summed E-state index contributed by atoms with van der Waals surface area (Å²) in [5.74, 6) is -0.784. The number of halogens is 1. The van der Waals surface area contributed by atoms with Gasteiger partial charge < -0.3 is 5.73 Å². The van der Waals surface area contributed by atoms with Crippen molar-refractivity contribution < 1.29 is 12.8 Å². The van der Waals surface area contributed by atoms with Crippen LogP contribution < -0.4 is 10.5 Å². The molecule has 0 saturated heterocycles. The number of sulfonamides is 1. The van der Waals surface area contributed by atoms with Crippen LogP contribution in [0, 0.1) is 5.82 Å². The number of nitrogens with two attached hydrogens (primary N) is 1. The third kappa shape index (κ3) is 3.04. The molecule has 0 amide bonds. The molecule has 19 heavy (non-hydrogen) atoms. The Kier molecular flexibility index (Phi) is 4.08. The molecule has 1 aromatic carbocycles. The Morgan fingerprint density at radius 1 is 1.47 bits per heavy atom. The molecule has 0 aliphatic heterocycles. The fraction of sp³-hybridized carbons (Fsp3) is 0.500. The fourth-order valence-corrected chi connectivity index (χ4v) is 4.30. The molecule has 0 radical (unpaired) electrons. The summed E-state index contributed by atoms with van der Waals surface area (Å²) in [4.78, 5) is -0.386. The lowest BCUT2D eigenvalue weighted by Gasteiger charge is -2.40. The standard InChI is InChI=1S/C12H17FN2O2S2/c1-18-12(5-2-6-12)8-15-19(16,17)11-7-9(14)3-4-10(11)13/h3-4,7,15H,2,5-6,8,14H2,1H3. The summed E-state index contributed by atoms with van der Waals surface area (Å²) in [7, 11) is -3.85. The smallest absolute Gasteiger partial charge is 0.243 e. The van der Waals surface area contributed by atoms with Gasteiger partial charge in [-0.05, 0) is 37.3 Å². The molecular formula is C12H17FN2O2S2. The molecule has 0 unspecified atom stereocenters. The fourth-order valence-electron chi connectivity index (χ4n) is 2.05. The molecule has 2 rings (SSSR count). The number of benzene rings is 1. The van der Waals surface area contributed by atoms with Crippen LogP contribution >= 0.6 is 11.8 Å². The first-order valence-electron chi connectivity index (χ1n) is 5.98. The molecule has 0 bridgehead atoms. The highest BCUT2D eigenvalue weighted by molar-refractivity contribution is 8.00. The SMILES string of the molecule is CSC1(CNS(=O)(=O)c2cc(N)ccc2F)CCC1. The zero-order valence-electron chi connectivity index (χ0n) is 10.6. The Labute approximate surface area is 117 Å². The predicted octanol–water partition coefficient (Wildman–Crippen LogP) is 1.97. The van der Waals surface area contributed by atoms with Gasteiger partial charge in [-0.25, -0.2) is 17.5 Å². The van der Waals surface area contributed by atoms with Crippen molar-refractivity contribution in [2.45, 2.75) is 28.9 Å². The Morgan fingerprint density at radius 2 is 2.16 bits per heavy atom. The normalized spacial score (nSPS) is 18.0. The zero-order valence-corrected chi connectivity index (χ0v) is 12.3. The number of nitrogens with one attached hydrogen (secondary N) is 1. The topological polar surface area (TPSA) is 72.2 Å². The van der Waals surface area contributed by atoms with Crippen molar-refractivity contribution in [3.63, 3.8) is 0 Å². The first-order valence-corrected chi connectivity index (χ1v) is 8.69. The Hall–Kier alpha value is -0.790. The van der Waals surface area contributed by atoms with Crippen LogP contribution in [0.1, 0.15) is 19.3 Å². The largest absolute Gasteiger partial charge is 0.399 e. The number of anilines is 1. The molecule has 1 aliphatic rings. The first-order chi connectivity index (χ1) is 8.88. The van der Waals surface area contributed by atoms with Crippen LogP contribution in [0.15, 0.2) is 23.1 Å². The summed E-state index contributed by atoms with van der Waals surface area (Å²) in [5, 5.41) is 0. The molecule has 0 atom stereocenters. The lowest BCUT2D eigenvalue weighted by atomic mass is 9.84. The minimum absolute atomic E-state index is 0.0378. The second-order valence-corrected chi connectivity index (χ2v) is 7.76. The lowest BCUT2D eigenvalue weighted by molar-refractivity contribution is 0.361. The van der Waals surface area contributed by atoms with Gasteiger partial charge in [0, 0.05) is 17.0 Å². The highest BCUT2D eigenvalue weighted by atomic mass is 32.2. The van der Waals surface area contributed by atoms with Crippen LogP contribution in [0.5, 0.6) is 0 Å². The summed E-state index contributed by atoms with van der Waals surface area (Å²) in [6.45, 7) is 0.324. The van der Waals surface area contributed by atoms with Gasteiger partial charge in [-0.3, -0.25) is 0 Å². The summed E-state index contributed by atoms with van der Waals surface area (Å²) < 4.78 is 40.2. The molecule has 1 aromatic rings. The van der Waals surface area contributed by atoms with E-state index in [9.17, 15) is 12.8 Å². The van der Waals surface area contributed by atoms with E-state index in [1.54, 1.807) is 11.8 Å². The molecule has 106 valence electrons. The van der Waals surface area contributed by atoms with Crippen molar-refractivity contribution in [2.24, 2.45) is 0 Å². The molecule has 7 heteroatoms. The average Bonchev–Trinajstić information content (AvgIpc) is 2.31. The van der Waals surface area contributed by atoms with Crippen molar-refractivity contribution >= 4 is 27.5 Å². The first kappa shape index (κ1) is 14.6. The summed E-state index contributed by atoms with van der Waals surface area (Å²) in [6, 6.07) is 3.55. The van der Waals surface area contributed by atoms with E-state index >= 15 is 0 Å². The van der Waals surface area contributed by atoms with Gasteiger partial charge in [0.2, 0.25) is 10.0 Å². The molecule has 1 aliphatic carbocycles. The molecule has 4 nitrogen and oxygen atoms in total. The molecule has 1 fully saturated rings. The Bertz CT molecular complexity index is 566. The Morgan fingerprint density at radius 3 is 2.68 bits per heavy atom. The zero-order chi connectivity index (χ0) is 14.1. The summed E-state index contributed by atoms with van der Waals surface area (Å²) >= 11 is 1.66. The number of hydrogen-bond acceptors (Lipinski definition) is 4. The second kappa shape index (κ2) is 5.30. The third-order valence-corrected chi connectivity index (χ3v) is 6.36. The van der Waals surface area contributed by atoms with E-state index in [4.69, 9.17) is 5.73 Å². The molecule has 0 aromatic heterocycles. The predicted molar refractivity (Wildman–Crippen MR) is 76.1 cm³/mol. The number of rotatable bonds is 5. The van der Waals surface area contributed by atoms with E-state index in [0.29, 0.717) is 6.54 Å². The van der Waals surface area contributed by atoms with Gasteiger partial charge >= 0.3 is 0 Å². The molecule has 3 N–H and O–H groups in total. The minimum Gasteiger partial charge on any atom is -0.399 e. The highest BCUT2D eigenvalue weighted by Crippen LogP contribution is 2.42. The maximum absolute atomic E-state index is 13.6. The van der Waals surface area contributed by atoms with E-state index in [-0.39, 0.29) is 15.3 Å². The van der Waals surface area contributed by atoms with Gasteiger partial charge in [0.05, 0.1) is 0 Å². The number of hydrogen-bond donors (Lipinski definition) is 2. The van der Waals surface area contributed by atoms with Crippen LogP contribution in [0.25, 0.3) is 0 Å². The number of nitrogen functional groups attached to an aromatic ring is 1. The monoisotopic (exact) mass is 304 g/mol. The van der Waals surface area contributed by atoms with Crippen molar-refractivity contribution in [2.75, 3.05) is 18.5 Å². The second-order valence-electron chi connectivity index (χ2n) is 4.76. The number of thioether (sulfide) groups is 1. The Balaban J connectivity index is 2.16. The van der Waals surface area contributed by atoms with Crippen LogP contribution in [0.2, 0.25) is 0 Å². The maximum atomic E-state index is 13.6. The van der Waals surface area contributed by atoms with Crippen molar-refractivity contribution in [3.05, 3.63) is 24.0 Å².